The van der Waals surface area contributed by atoms with Gasteiger partial charge in [0.15, 0.2) is 5.11 Å². The Bertz CT molecular complexity index is 976. The fraction of sp³-hybridized carbons (Fsp3) is 0.190. The highest BCUT2D eigenvalue weighted by molar-refractivity contribution is 7.80. The maximum atomic E-state index is 11.7. The predicted molar refractivity (Wildman–Crippen MR) is 116 cm³/mol. The van der Waals surface area contributed by atoms with Crippen molar-refractivity contribution >= 4 is 34.6 Å². The smallest absolute Gasteiger partial charge is 0.250 e. The molecule has 148 valence electrons. The fourth-order valence-corrected chi connectivity index (χ4v) is 3.86. The van der Waals surface area contributed by atoms with E-state index in [0.717, 1.165) is 17.1 Å². The number of rotatable bonds is 6. The maximum Gasteiger partial charge on any atom is 0.250 e. The molecule has 1 amide bonds. The Hall–Kier alpha value is -3.23. The molecule has 8 heteroatoms. The van der Waals surface area contributed by atoms with Crippen molar-refractivity contribution in [2.45, 2.75) is 12.1 Å². The molecule has 29 heavy (non-hydrogen) atoms. The van der Waals surface area contributed by atoms with E-state index in [1.807, 2.05) is 60.8 Å². The number of anilines is 2. The van der Waals surface area contributed by atoms with E-state index in [4.69, 9.17) is 17.0 Å². The van der Waals surface area contributed by atoms with Crippen molar-refractivity contribution in [3.63, 3.8) is 0 Å². The van der Waals surface area contributed by atoms with Gasteiger partial charge in [-0.1, -0.05) is 6.07 Å². The van der Waals surface area contributed by atoms with Gasteiger partial charge in [-0.05, 0) is 60.7 Å². The van der Waals surface area contributed by atoms with Crippen LogP contribution in [-0.4, -0.2) is 34.7 Å². The molecule has 0 unspecified atom stereocenters. The van der Waals surface area contributed by atoms with Crippen LogP contribution in [0.5, 0.6) is 0 Å². The second-order valence-electron chi connectivity index (χ2n) is 6.65. The number of pyridine rings is 1. The molecule has 1 aromatic carbocycles. The molecule has 3 heterocycles. The Morgan fingerprint density at radius 1 is 1.21 bits per heavy atom. The molecule has 7 nitrogen and oxygen atoms in total. The summed E-state index contributed by atoms with van der Waals surface area (Å²) >= 11 is 5.67. The van der Waals surface area contributed by atoms with Crippen LogP contribution < -0.4 is 15.5 Å². The fourth-order valence-electron chi connectivity index (χ4n) is 3.51. The molecule has 2 aromatic heterocycles. The van der Waals surface area contributed by atoms with Gasteiger partial charge in [0, 0.05) is 36.6 Å². The van der Waals surface area contributed by atoms with Gasteiger partial charge in [0.05, 0.1) is 11.7 Å². The summed E-state index contributed by atoms with van der Waals surface area (Å²) in [6.45, 7) is 0.0164. The minimum atomic E-state index is -0.196. The van der Waals surface area contributed by atoms with E-state index >= 15 is 0 Å². The SMILES string of the molecule is COCC(=O)Nc1ccc(N2C(=S)N[C@H](c3ccccn3)[C@@H]2c2ccc[nH]2)cc1. The van der Waals surface area contributed by atoms with Crippen LogP contribution in [0.25, 0.3) is 0 Å². The van der Waals surface area contributed by atoms with Crippen LogP contribution in [0.1, 0.15) is 23.5 Å². The van der Waals surface area contributed by atoms with Gasteiger partial charge in [0.25, 0.3) is 0 Å². The van der Waals surface area contributed by atoms with Gasteiger partial charge in [-0.15, -0.1) is 0 Å². The number of carbonyl (C=O) groups is 1. The molecule has 0 spiro atoms. The van der Waals surface area contributed by atoms with Crippen LogP contribution in [0.3, 0.4) is 0 Å². The first-order chi connectivity index (χ1) is 14.2. The highest BCUT2D eigenvalue weighted by Gasteiger charge is 2.41. The number of nitrogens with zero attached hydrogens (tertiary/aromatic N) is 2. The van der Waals surface area contributed by atoms with Gasteiger partial charge in [-0.25, -0.2) is 0 Å². The first kappa shape index (κ1) is 19.1. The summed E-state index contributed by atoms with van der Waals surface area (Å²) in [4.78, 5) is 21.6. The van der Waals surface area contributed by atoms with Crippen molar-refractivity contribution in [3.05, 3.63) is 78.4 Å². The van der Waals surface area contributed by atoms with Crippen molar-refractivity contribution in [1.29, 1.82) is 0 Å². The van der Waals surface area contributed by atoms with Gasteiger partial charge in [-0.2, -0.15) is 0 Å². The number of aromatic nitrogens is 2. The van der Waals surface area contributed by atoms with Gasteiger partial charge in [0.1, 0.15) is 12.6 Å². The normalized spacial score (nSPS) is 18.5. The van der Waals surface area contributed by atoms with E-state index in [0.29, 0.717) is 10.8 Å². The summed E-state index contributed by atoms with van der Waals surface area (Å²) < 4.78 is 4.85. The van der Waals surface area contributed by atoms with Crippen LogP contribution >= 0.6 is 12.2 Å². The first-order valence-corrected chi connectivity index (χ1v) is 9.61. The van der Waals surface area contributed by atoms with E-state index in [2.05, 4.69) is 25.5 Å². The number of H-pyrrole nitrogens is 1. The molecule has 0 aliphatic carbocycles. The molecular formula is C21H21N5O2S. The lowest BCUT2D eigenvalue weighted by molar-refractivity contribution is -0.119. The molecule has 3 aromatic rings. The first-order valence-electron chi connectivity index (χ1n) is 9.20. The quantitative estimate of drug-likeness (QED) is 0.545. The second-order valence-corrected chi connectivity index (χ2v) is 7.04. The van der Waals surface area contributed by atoms with E-state index in [9.17, 15) is 4.79 Å². The molecule has 0 bridgehead atoms. The standard InChI is InChI=1S/C21H21N5O2S/c1-28-13-18(27)24-14-7-9-15(10-8-14)26-20(17-6-4-12-23-17)19(25-21(26)29)16-5-2-3-11-22-16/h2-12,19-20,23H,13H2,1H3,(H,24,27)(H,25,29)/t19-,20+/m1/s1. The van der Waals surface area contributed by atoms with Crippen LogP contribution in [0.2, 0.25) is 0 Å². The third-order valence-electron chi connectivity index (χ3n) is 4.74. The molecule has 1 saturated heterocycles. The van der Waals surface area contributed by atoms with E-state index < -0.39 is 0 Å². The molecule has 0 saturated carbocycles. The molecule has 0 radical (unpaired) electrons. The third-order valence-corrected chi connectivity index (χ3v) is 5.06. The number of carbonyl (C=O) groups excluding carboxylic acids is 1. The van der Waals surface area contributed by atoms with E-state index in [-0.39, 0.29) is 24.6 Å². The maximum absolute atomic E-state index is 11.7. The monoisotopic (exact) mass is 407 g/mol. The molecule has 4 rings (SSSR count). The molecular weight excluding hydrogens is 386 g/mol. The highest BCUT2D eigenvalue weighted by Crippen LogP contribution is 2.40. The molecule has 2 atom stereocenters. The van der Waals surface area contributed by atoms with Crippen molar-refractivity contribution in [3.8, 4) is 0 Å². The van der Waals surface area contributed by atoms with Crippen molar-refractivity contribution in [2.75, 3.05) is 23.9 Å². The Morgan fingerprint density at radius 2 is 2.03 bits per heavy atom. The van der Waals surface area contributed by atoms with E-state index in [1.54, 1.807) is 6.20 Å². The lowest BCUT2D eigenvalue weighted by Gasteiger charge is -2.27. The zero-order valence-electron chi connectivity index (χ0n) is 15.8. The van der Waals surface area contributed by atoms with Crippen molar-refractivity contribution < 1.29 is 9.53 Å². The zero-order valence-corrected chi connectivity index (χ0v) is 16.6. The third kappa shape index (κ3) is 3.98. The number of nitrogens with one attached hydrogen (secondary N) is 3. The summed E-state index contributed by atoms with van der Waals surface area (Å²) in [5.41, 5.74) is 3.57. The summed E-state index contributed by atoms with van der Waals surface area (Å²) in [5, 5.41) is 6.83. The summed E-state index contributed by atoms with van der Waals surface area (Å²) in [6.07, 6.45) is 3.69. The lowest BCUT2D eigenvalue weighted by atomic mass is 10.0. The number of methoxy groups -OCH3 is 1. The minimum absolute atomic E-state index is 0.0164. The van der Waals surface area contributed by atoms with Gasteiger partial charge < -0.3 is 25.3 Å². The summed E-state index contributed by atoms with van der Waals surface area (Å²) in [6, 6.07) is 17.3. The Balaban J connectivity index is 1.65. The van der Waals surface area contributed by atoms with Crippen LogP contribution in [-0.2, 0) is 9.53 Å². The second kappa shape index (κ2) is 8.42. The number of hydrogen-bond donors (Lipinski definition) is 3. The van der Waals surface area contributed by atoms with Crippen molar-refractivity contribution in [1.82, 2.24) is 15.3 Å². The average Bonchev–Trinajstić information content (AvgIpc) is 3.37. The zero-order chi connectivity index (χ0) is 20.2. The van der Waals surface area contributed by atoms with Crippen LogP contribution in [0.4, 0.5) is 11.4 Å². The largest absolute Gasteiger partial charge is 0.375 e. The minimum Gasteiger partial charge on any atom is -0.375 e. The van der Waals surface area contributed by atoms with Crippen molar-refractivity contribution in [2.24, 2.45) is 0 Å². The molecule has 1 fully saturated rings. The summed E-state index contributed by atoms with van der Waals surface area (Å²) in [5.74, 6) is -0.196. The lowest BCUT2D eigenvalue weighted by Crippen LogP contribution is -2.29. The topological polar surface area (TPSA) is 82.3 Å². The average molecular weight is 407 g/mol. The van der Waals surface area contributed by atoms with Gasteiger partial charge in [-0.3, -0.25) is 9.78 Å². The van der Waals surface area contributed by atoms with Crippen LogP contribution in [0, 0.1) is 0 Å². The molecule has 1 aliphatic rings. The Morgan fingerprint density at radius 3 is 2.69 bits per heavy atom. The highest BCUT2D eigenvalue weighted by atomic mass is 32.1. The van der Waals surface area contributed by atoms with Crippen LogP contribution in [0.15, 0.2) is 67.0 Å². The number of aromatic amines is 1. The molecule has 3 N–H and O–H groups in total. The number of thiocarbonyl (C=S) groups is 1. The Labute approximate surface area is 174 Å². The number of amides is 1. The number of hydrogen-bond acceptors (Lipinski definition) is 4. The molecule has 1 aliphatic heterocycles. The number of benzene rings is 1. The van der Waals surface area contributed by atoms with Gasteiger partial charge >= 0.3 is 0 Å². The van der Waals surface area contributed by atoms with E-state index in [1.165, 1.54) is 7.11 Å². The summed E-state index contributed by atoms with van der Waals surface area (Å²) in [7, 11) is 1.49. The number of ether oxygens (including phenoxy) is 1. The van der Waals surface area contributed by atoms with Gasteiger partial charge in [0.2, 0.25) is 5.91 Å². The predicted octanol–water partition coefficient (Wildman–Crippen LogP) is 3.17. The Kier molecular flexibility index (Phi) is 5.55.